The van der Waals surface area contributed by atoms with E-state index in [1.807, 2.05) is 43.3 Å². The van der Waals surface area contributed by atoms with Gasteiger partial charge in [-0.3, -0.25) is 9.78 Å². The van der Waals surface area contributed by atoms with Gasteiger partial charge in [0.2, 0.25) is 0 Å². The van der Waals surface area contributed by atoms with E-state index < -0.39 is 5.91 Å². The highest BCUT2D eigenvalue weighted by molar-refractivity contribution is 6.00. The van der Waals surface area contributed by atoms with Crippen molar-refractivity contribution in [1.29, 1.82) is 0 Å². The predicted molar refractivity (Wildman–Crippen MR) is 67.6 cm³/mol. The molecule has 0 radical (unpaired) electrons. The topological polar surface area (TPSA) is 56.0 Å². The molecular weight excluding hydrogens is 212 g/mol. The number of nitrogens with two attached hydrogens (primary N) is 1. The van der Waals surface area contributed by atoms with Crippen LogP contribution in [0.25, 0.3) is 11.1 Å². The maximum absolute atomic E-state index is 11.6. The number of rotatable bonds is 3. The molecule has 1 amide bonds. The summed E-state index contributed by atoms with van der Waals surface area (Å²) in [5.41, 5.74) is 8.56. The fraction of sp³-hybridized carbons (Fsp3) is 0.143. The van der Waals surface area contributed by atoms with Gasteiger partial charge in [0.15, 0.2) is 0 Å². The molecule has 1 aromatic heterocycles. The number of carbonyl (C=O) groups excluding carboxylic acids is 1. The van der Waals surface area contributed by atoms with E-state index in [0.717, 1.165) is 16.8 Å². The molecule has 0 bridgehead atoms. The van der Waals surface area contributed by atoms with Crippen LogP contribution in [0, 0.1) is 0 Å². The molecule has 17 heavy (non-hydrogen) atoms. The summed E-state index contributed by atoms with van der Waals surface area (Å²) in [6, 6.07) is 11.6. The molecule has 0 atom stereocenters. The third-order valence-electron chi connectivity index (χ3n) is 2.70. The molecule has 2 aromatic rings. The summed E-state index contributed by atoms with van der Waals surface area (Å²) in [5.74, 6) is -0.422. The van der Waals surface area contributed by atoms with Crippen LogP contribution in [-0.2, 0) is 6.42 Å². The second-order valence-electron chi connectivity index (χ2n) is 3.76. The Morgan fingerprint density at radius 1 is 1.24 bits per heavy atom. The normalized spacial score (nSPS) is 10.2. The summed E-state index contributed by atoms with van der Waals surface area (Å²) in [6.45, 7) is 1.96. The number of hydrogen-bond donors (Lipinski definition) is 1. The van der Waals surface area contributed by atoms with E-state index in [2.05, 4.69) is 4.98 Å². The Kier molecular flexibility index (Phi) is 3.19. The Morgan fingerprint density at radius 2 is 1.94 bits per heavy atom. The number of aryl methyl sites for hydroxylation is 1. The van der Waals surface area contributed by atoms with Crippen LogP contribution in [-0.4, -0.2) is 10.9 Å². The lowest BCUT2D eigenvalue weighted by Crippen LogP contribution is -2.16. The molecule has 1 aromatic carbocycles. The summed E-state index contributed by atoms with van der Waals surface area (Å²) in [5, 5.41) is 0. The van der Waals surface area contributed by atoms with Gasteiger partial charge in [-0.2, -0.15) is 0 Å². The van der Waals surface area contributed by atoms with Crippen molar-refractivity contribution < 1.29 is 4.79 Å². The molecule has 1 heterocycles. The molecule has 0 fully saturated rings. The Balaban J connectivity index is 2.66. The van der Waals surface area contributed by atoms with Gasteiger partial charge in [-0.1, -0.05) is 37.3 Å². The Hall–Kier alpha value is -2.16. The van der Waals surface area contributed by atoms with Crippen LogP contribution < -0.4 is 5.73 Å². The molecule has 3 nitrogen and oxygen atoms in total. The fourth-order valence-corrected chi connectivity index (χ4v) is 1.91. The minimum atomic E-state index is -0.422. The first-order valence-corrected chi connectivity index (χ1v) is 5.57. The van der Waals surface area contributed by atoms with E-state index in [4.69, 9.17) is 5.73 Å². The number of benzene rings is 1. The van der Waals surface area contributed by atoms with Gasteiger partial charge in [-0.05, 0) is 23.6 Å². The van der Waals surface area contributed by atoms with Gasteiger partial charge in [0.25, 0.3) is 5.91 Å². The number of aromatic nitrogens is 1. The van der Waals surface area contributed by atoms with Crippen molar-refractivity contribution in [2.75, 3.05) is 0 Å². The van der Waals surface area contributed by atoms with Crippen LogP contribution in [0.2, 0.25) is 0 Å². The standard InChI is InChI=1S/C14H14N2O/c1-2-12-13(14(15)17)11(8-9-16-12)10-6-4-3-5-7-10/h3-9H,2H2,1H3,(H2,15,17). The quantitative estimate of drug-likeness (QED) is 0.873. The molecule has 0 spiro atoms. The summed E-state index contributed by atoms with van der Waals surface area (Å²) >= 11 is 0. The lowest BCUT2D eigenvalue weighted by atomic mass is 9.98. The molecule has 0 saturated carbocycles. The van der Waals surface area contributed by atoms with Crippen molar-refractivity contribution in [2.45, 2.75) is 13.3 Å². The maximum atomic E-state index is 11.6. The van der Waals surface area contributed by atoms with Crippen LogP contribution in [0.15, 0.2) is 42.6 Å². The van der Waals surface area contributed by atoms with E-state index >= 15 is 0 Å². The minimum Gasteiger partial charge on any atom is -0.366 e. The second-order valence-corrected chi connectivity index (χ2v) is 3.76. The third-order valence-corrected chi connectivity index (χ3v) is 2.70. The first-order valence-electron chi connectivity index (χ1n) is 5.57. The predicted octanol–water partition coefficient (Wildman–Crippen LogP) is 2.41. The largest absolute Gasteiger partial charge is 0.366 e. The Labute approximate surface area is 100 Å². The SMILES string of the molecule is CCc1nccc(-c2ccccc2)c1C(N)=O. The number of pyridine rings is 1. The average molecular weight is 226 g/mol. The van der Waals surface area contributed by atoms with Crippen molar-refractivity contribution in [3.63, 3.8) is 0 Å². The van der Waals surface area contributed by atoms with Crippen molar-refractivity contribution >= 4 is 5.91 Å². The van der Waals surface area contributed by atoms with E-state index in [9.17, 15) is 4.79 Å². The summed E-state index contributed by atoms with van der Waals surface area (Å²) in [6.07, 6.45) is 2.41. The van der Waals surface area contributed by atoms with Crippen molar-refractivity contribution in [2.24, 2.45) is 5.73 Å². The van der Waals surface area contributed by atoms with E-state index in [1.54, 1.807) is 6.20 Å². The molecular formula is C14H14N2O. The third kappa shape index (κ3) is 2.18. The van der Waals surface area contributed by atoms with Crippen LogP contribution in [0.3, 0.4) is 0 Å². The highest BCUT2D eigenvalue weighted by atomic mass is 16.1. The zero-order valence-corrected chi connectivity index (χ0v) is 9.68. The molecule has 0 aliphatic heterocycles. The molecule has 0 saturated heterocycles. The second kappa shape index (κ2) is 4.78. The summed E-state index contributed by atoms with van der Waals surface area (Å²) in [7, 11) is 0. The van der Waals surface area contributed by atoms with Gasteiger partial charge in [0.05, 0.1) is 11.3 Å². The zero-order valence-electron chi connectivity index (χ0n) is 9.68. The minimum absolute atomic E-state index is 0.422. The summed E-state index contributed by atoms with van der Waals surface area (Å²) in [4.78, 5) is 15.8. The number of primary amides is 1. The van der Waals surface area contributed by atoms with Gasteiger partial charge in [0.1, 0.15) is 0 Å². The Bertz CT molecular complexity index is 535. The first-order chi connectivity index (χ1) is 8.24. The number of amides is 1. The number of nitrogens with zero attached hydrogens (tertiary/aromatic N) is 1. The summed E-state index contributed by atoms with van der Waals surface area (Å²) < 4.78 is 0. The lowest BCUT2D eigenvalue weighted by Gasteiger charge is -2.10. The highest BCUT2D eigenvalue weighted by Gasteiger charge is 2.14. The smallest absolute Gasteiger partial charge is 0.251 e. The number of hydrogen-bond acceptors (Lipinski definition) is 2. The molecule has 0 aliphatic rings. The molecule has 0 unspecified atom stereocenters. The molecule has 2 N–H and O–H groups in total. The monoisotopic (exact) mass is 226 g/mol. The van der Waals surface area contributed by atoms with Gasteiger partial charge >= 0.3 is 0 Å². The number of carbonyl (C=O) groups is 1. The first kappa shape index (κ1) is 11.3. The zero-order chi connectivity index (χ0) is 12.3. The maximum Gasteiger partial charge on any atom is 0.251 e. The van der Waals surface area contributed by atoms with Gasteiger partial charge in [0, 0.05) is 6.20 Å². The lowest BCUT2D eigenvalue weighted by molar-refractivity contribution is 0.0999. The molecule has 0 aliphatic carbocycles. The van der Waals surface area contributed by atoms with Crippen molar-refractivity contribution in [1.82, 2.24) is 4.98 Å². The highest BCUT2D eigenvalue weighted by Crippen LogP contribution is 2.24. The van der Waals surface area contributed by atoms with Crippen molar-refractivity contribution in [3.8, 4) is 11.1 Å². The van der Waals surface area contributed by atoms with E-state index in [0.29, 0.717) is 12.0 Å². The van der Waals surface area contributed by atoms with Gasteiger partial charge < -0.3 is 5.73 Å². The van der Waals surface area contributed by atoms with Crippen LogP contribution in [0.5, 0.6) is 0 Å². The Morgan fingerprint density at radius 3 is 2.53 bits per heavy atom. The van der Waals surface area contributed by atoms with Gasteiger partial charge in [-0.15, -0.1) is 0 Å². The van der Waals surface area contributed by atoms with Crippen LogP contribution in [0.1, 0.15) is 23.0 Å². The molecule has 3 heteroatoms. The average Bonchev–Trinajstić information content (AvgIpc) is 2.38. The van der Waals surface area contributed by atoms with E-state index in [1.165, 1.54) is 0 Å². The fourth-order valence-electron chi connectivity index (χ4n) is 1.91. The van der Waals surface area contributed by atoms with Crippen LogP contribution in [0.4, 0.5) is 0 Å². The molecule has 2 rings (SSSR count). The van der Waals surface area contributed by atoms with Gasteiger partial charge in [-0.25, -0.2) is 0 Å². The van der Waals surface area contributed by atoms with Crippen molar-refractivity contribution in [3.05, 3.63) is 53.9 Å². The van der Waals surface area contributed by atoms with Crippen LogP contribution >= 0.6 is 0 Å². The van der Waals surface area contributed by atoms with E-state index in [-0.39, 0.29) is 0 Å². The molecule has 86 valence electrons.